The van der Waals surface area contributed by atoms with Crippen LogP contribution in [0.1, 0.15) is 6.42 Å². The van der Waals surface area contributed by atoms with Crippen molar-refractivity contribution in [3.63, 3.8) is 0 Å². The number of carbonyl (C=O) groups excluding carboxylic acids is 1. The minimum absolute atomic E-state index is 0.0184. The van der Waals surface area contributed by atoms with Crippen molar-refractivity contribution in [3.8, 4) is 0 Å². The third-order valence-electron chi connectivity index (χ3n) is 2.38. The van der Waals surface area contributed by atoms with Crippen molar-refractivity contribution in [2.75, 3.05) is 32.5 Å². The fourth-order valence-electron chi connectivity index (χ4n) is 1.37. The molecule has 0 aromatic carbocycles. The third kappa shape index (κ3) is 5.11. The molecule has 9 heteroatoms. The summed E-state index contributed by atoms with van der Waals surface area (Å²) in [6.45, 7) is 0.775. The smallest absolute Gasteiger partial charge is 0.244 e. The number of rotatable bonds is 8. The number of amides is 1. The molecule has 0 aliphatic carbocycles. The number of nitrogens with two attached hydrogens (primary N) is 1. The quantitative estimate of drug-likeness (QED) is 0.534. The molecule has 1 amide bonds. The van der Waals surface area contributed by atoms with Crippen LogP contribution in [-0.4, -0.2) is 46.1 Å². The van der Waals surface area contributed by atoms with Crippen LogP contribution in [-0.2, 0) is 19.6 Å². The van der Waals surface area contributed by atoms with Gasteiger partial charge >= 0.3 is 0 Å². The molecule has 1 aromatic rings. The first-order chi connectivity index (χ1) is 9.47. The van der Waals surface area contributed by atoms with Crippen LogP contribution in [0.5, 0.6) is 0 Å². The lowest BCUT2D eigenvalue weighted by molar-refractivity contribution is -0.121. The standard InChI is InChI=1S/C11H18N4O4S/c1-19-7-6-14-11(16)3-5-15-20(17,18)10-8-13-4-2-9(10)12/h2,4,8,15H,3,5-7H2,1H3,(H2,12,13)(H,14,16). The zero-order chi connectivity index (χ0) is 15.0. The Hall–Kier alpha value is -1.71. The topological polar surface area (TPSA) is 123 Å². The van der Waals surface area contributed by atoms with E-state index in [0.717, 1.165) is 6.20 Å². The van der Waals surface area contributed by atoms with E-state index in [1.165, 1.54) is 19.4 Å². The number of nitrogens with zero attached hydrogens (tertiary/aromatic N) is 1. The molecule has 0 fully saturated rings. The largest absolute Gasteiger partial charge is 0.398 e. The van der Waals surface area contributed by atoms with Gasteiger partial charge in [0.25, 0.3) is 0 Å². The van der Waals surface area contributed by atoms with Gasteiger partial charge in [-0.3, -0.25) is 9.78 Å². The van der Waals surface area contributed by atoms with E-state index < -0.39 is 10.0 Å². The molecule has 112 valence electrons. The Morgan fingerprint density at radius 3 is 2.85 bits per heavy atom. The lowest BCUT2D eigenvalue weighted by Gasteiger charge is -2.08. The van der Waals surface area contributed by atoms with Gasteiger partial charge in [0.1, 0.15) is 4.90 Å². The Kier molecular flexibility index (Phi) is 6.36. The molecule has 0 spiro atoms. The maximum atomic E-state index is 11.9. The van der Waals surface area contributed by atoms with Gasteiger partial charge in [0.2, 0.25) is 15.9 Å². The Morgan fingerprint density at radius 2 is 2.20 bits per heavy atom. The van der Waals surface area contributed by atoms with Crippen molar-refractivity contribution in [2.45, 2.75) is 11.3 Å². The van der Waals surface area contributed by atoms with Crippen LogP contribution in [0, 0.1) is 0 Å². The van der Waals surface area contributed by atoms with Gasteiger partial charge in [-0.05, 0) is 6.07 Å². The van der Waals surface area contributed by atoms with Crippen molar-refractivity contribution in [1.82, 2.24) is 15.0 Å². The summed E-state index contributed by atoms with van der Waals surface area (Å²) in [5, 5.41) is 2.59. The molecule has 8 nitrogen and oxygen atoms in total. The monoisotopic (exact) mass is 302 g/mol. The lowest BCUT2D eigenvalue weighted by Crippen LogP contribution is -2.32. The zero-order valence-corrected chi connectivity index (χ0v) is 11.9. The first-order valence-corrected chi connectivity index (χ1v) is 7.40. The maximum Gasteiger partial charge on any atom is 0.244 e. The van der Waals surface area contributed by atoms with Gasteiger partial charge in [0.15, 0.2) is 0 Å². The summed E-state index contributed by atoms with van der Waals surface area (Å²) >= 11 is 0. The molecule has 1 heterocycles. The van der Waals surface area contributed by atoms with Crippen molar-refractivity contribution >= 4 is 21.6 Å². The number of pyridine rings is 1. The summed E-state index contributed by atoms with van der Waals surface area (Å²) < 4.78 is 30.9. The Morgan fingerprint density at radius 1 is 1.45 bits per heavy atom. The molecule has 0 bridgehead atoms. The minimum Gasteiger partial charge on any atom is -0.398 e. The molecule has 0 saturated heterocycles. The number of ether oxygens (including phenoxy) is 1. The van der Waals surface area contributed by atoms with Gasteiger partial charge in [0.05, 0.1) is 12.3 Å². The number of hydrogen-bond donors (Lipinski definition) is 3. The third-order valence-corrected chi connectivity index (χ3v) is 3.88. The van der Waals surface area contributed by atoms with Gasteiger partial charge < -0.3 is 15.8 Å². The average molecular weight is 302 g/mol. The molecule has 0 radical (unpaired) electrons. The lowest BCUT2D eigenvalue weighted by atomic mass is 10.4. The molecule has 1 rings (SSSR count). The number of hydrogen-bond acceptors (Lipinski definition) is 6. The highest BCUT2D eigenvalue weighted by Gasteiger charge is 2.17. The van der Waals surface area contributed by atoms with Crippen LogP contribution in [0.3, 0.4) is 0 Å². The molecule has 0 aliphatic heterocycles. The molecular formula is C11H18N4O4S. The van der Waals surface area contributed by atoms with E-state index in [1.807, 2.05) is 0 Å². The second-order valence-electron chi connectivity index (χ2n) is 3.90. The molecule has 0 unspecified atom stereocenters. The van der Waals surface area contributed by atoms with E-state index in [2.05, 4.69) is 15.0 Å². The summed E-state index contributed by atoms with van der Waals surface area (Å²) in [5.74, 6) is -0.260. The summed E-state index contributed by atoms with van der Waals surface area (Å²) in [6, 6.07) is 1.39. The number of methoxy groups -OCH3 is 1. The van der Waals surface area contributed by atoms with Crippen LogP contribution in [0.15, 0.2) is 23.4 Å². The van der Waals surface area contributed by atoms with Gasteiger partial charge in [0, 0.05) is 39.0 Å². The summed E-state index contributed by atoms with van der Waals surface area (Å²) in [6.07, 6.45) is 2.59. The van der Waals surface area contributed by atoms with Crippen LogP contribution in [0.4, 0.5) is 5.69 Å². The van der Waals surface area contributed by atoms with Crippen molar-refractivity contribution in [3.05, 3.63) is 18.5 Å². The molecular weight excluding hydrogens is 284 g/mol. The number of nitrogen functional groups attached to an aromatic ring is 1. The van der Waals surface area contributed by atoms with E-state index in [0.29, 0.717) is 13.2 Å². The predicted molar refractivity (Wildman–Crippen MR) is 73.3 cm³/mol. The van der Waals surface area contributed by atoms with E-state index in [1.54, 1.807) is 0 Å². The maximum absolute atomic E-state index is 11.9. The first-order valence-electron chi connectivity index (χ1n) is 5.92. The summed E-state index contributed by atoms with van der Waals surface area (Å²) in [5.41, 5.74) is 5.68. The number of aromatic nitrogens is 1. The predicted octanol–water partition coefficient (Wildman–Crippen LogP) is -0.905. The van der Waals surface area contributed by atoms with Gasteiger partial charge in [-0.1, -0.05) is 0 Å². The minimum atomic E-state index is -3.75. The zero-order valence-electron chi connectivity index (χ0n) is 11.1. The van der Waals surface area contributed by atoms with Gasteiger partial charge in [-0.25, -0.2) is 13.1 Å². The van der Waals surface area contributed by atoms with E-state index in [4.69, 9.17) is 10.5 Å². The van der Waals surface area contributed by atoms with Gasteiger partial charge in [-0.15, -0.1) is 0 Å². The Bertz CT molecular complexity index is 547. The van der Waals surface area contributed by atoms with E-state index in [9.17, 15) is 13.2 Å². The van der Waals surface area contributed by atoms with Crippen LogP contribution >= 0.6 is 0 Å². The number of sulfonamides is 1. The summed E-state index contributed by atoms with van der Waals surface area (Å²) in [7, 11) is -2.23. The molecule has 0 atom stereocenters. The van der Waals surface area contributed by atoms with Crippen LogP contribution in [0.25, 0.3) is 0 Å². The van der Waals surface area contributed by atoms with Crippen molar-refractivity contribution in [1.29, 1.82) is 0 Å². The Balaban J connectivity index is 2.45. The molecule has 20 heavy (non-hydrogen) atoms. The Labute approximate surface area is 117 Å². The SMILES string of the molecule is COCCNC(=O)CCNS(=O)(=O)c1cnccc1N. The molecule has 1 aromatic heterocycles. The second-order valence-corrected chi connectivity index (χ2v) is 5.64. The number of carbonyl (C=O) groups is 1. The highest BCUT2D eigenvalue weighted by molar-refractivity contribution is 7.89. The number of anilines is 1. The van der Waals surface area contributed by atoms with Crippen molar-refractivity contribution in [2.24, 2.45) is 0 Å². The fourth-order valence-corrected chi connectivity index (χ4v) is 2.48. The van der Waals surface area contributed by atoms with E-state index in [-0.39, 0.29) is 29.5 Å². The first kappa shape index (κ1) is 16.3. The van der Waals surface area contributed by atoms with Crippen molar-refractivity contribution < 1.29 is 17.9 Å². The normalized spacial score (nSPS) is 11.2. The second kappa shape index (κ2) is 7.78. The van der Waals surface area contributed by atoms with Crippen LogP contribution in [0.2, 0.25) is 0 Å². The van der Waals surface area contributed by atoms with Crippen LogP contribution < -0.4 is 15.8 Å². The fraction of sp³-hybridized carbons (Fsp3) is 0.455. The average Bonchev–Trinajstić information content (AvgIpc) is 2.39. The molecule has 4 N–H and O–H groups in total. The highest BCUT2D eigenvalue weighted by Crippen LogP contribution is 2.14. The molecule has 0 saturated carbocycles. The van der Waals surface area contributed by atoms with E-state index >= 15 is 0 Å². The summed E-state index contributed by atoms with van der Waals surface area (Å²) in [4.78, 5) is 15.0. The highest BCUT2D eigenvalue weighted by atomic mass is 32.2. The van der Waals surface area contributed by atoms with Gasteiger partial charge in [-0.2, -0.15) is 0 Å². The number of nitrogens with one attached hydrogen (secondary N) is 2. The molecule has 0 aliphatic rings.